The number of amides is 1. The highest BCUT2D eigenvalue weighted by Gasteiger charge is 2.21. The van der Waals surface area contributed by atoms with Crippen LogP contribution in [0.4, 0.5) is 10.5 Å². The summed E-state index contributed by atoms with van der Waals surface area (Å²) in [6.45, 7) is 1.95. The highest BCUT2D eigenvalue weighted by atomic mass is 16.6. The Morgan fingerprint density at radius 1 is 1.37 bits per heavy atom. The molecule has 0 atom stereocenters. The first kappa shape index (κ1) is 13.5. The lowest BCUT2D eigenvalue weighted by atomic mass is 10.0. The molecule has 0 bridgehead atoms. The molecule has 1 aliphatic rings. The minimum atomic E-state index is -0.903. The van der Waals surface area contributed by atoms with Crippen molar-refractivity contribution in [3.63, 3.8) is 0 Å². The maximum Gasteiger partial charge on any atom is 0.412 e. The lowest BCUT2D eigenvalue weighted by Gasteiger charge is -2.36. The summed E-state index contributed by atoms with van der Waals surface area (Å²) >= 11 is 0. The number of carbonyl (C=O) groups excluding carboxylic acids is 1. The molecular weight excluding hydrogens is 246 g/mol. The van der Waals surface area contributed by atoms with Gasteiger partial charge in [0.05, 0.1) is 18.1 Å². The van der Waals surface area contributed by atoms with Gasteiger partial charge >= 0.3 is 12.1 Å². The Morgan fingerprint density at radius 3 is 2.42 bits per heavy atom. The van der Waals surface area contributed by atoms with Crippen LogP contribution < -0.4 is 15.4 Å². The summed E-state index contributed by atoms with van der Waals surface area (Å²) in [6, 6.07) is 0.620. The molecule has 2 N–H and O–H groups in total. The zero-order valence-corrected chi connectivity index (χ0v) is 11.2. The van der Waals surface area contributed by atoms with Gasteiger partial charge in [-0.25, -0.2) is 14.8 Å². The van der Waals surface area contributed by atoms with E-state index in [1.165, 1.54) is 0 Å². The standard InChI is InChI=1S/C12H19N5O2/c1-16(2)9-3-5-17(6-4-9)10-7-14-12(15-8-10)19-11(13)18/h7-9H,3-6H2,1-2H3,(H2,13,18). The molecule has 1 aromatic heterocycles. The maximum atomic E-state index is 10.6. The number of aromatic nitrogens is 2. The van der Waals surface area contributed by atoms with E-state index in [-0.39, 0.29) is 6.01 Å². The Labute approximate surface area is 112 Å². The van der Waals surface area contributed by atoms with Crippen molar-refractivity contribution in [2.24, 2.45) is 5.73 Å². The summed E-state index contributed by atoms with van der Waals surface area (Å²) < 4.78 is 4.60. The molecule has 19 heavy (non-hydrogen) atoms. The number of nitrogens with two attached hydrogens (primary N) is 1. The quantitative estimate of drug-likeness (QED) is 0.855. The van der Waals surface area contributed by atoms with Crippen molar-refractivity contribution in [2.45, 2.75) is 18.9 Å². The zero-order chi connectivity index (χ0) is 13.8. The Kier molecular flexibility index (Phi) is 4.16. The van der Waals surface area contributed by atoms with Gasteiger partial charge < -0.3 is 20.3 Å². The van der Waals surface area contributed by atoms with Gasteiger partial charge in [-0.05, 0) is 26.9 Å². The lowest BCUT2D eigenvalue weighted by Crippen LogP contribution is -2.42. The molecule has 1 saturated heterocycles. The second-order valence-electron chi connectivity index (χ2n) is 4.83. The number of anilines is 1. The molecule has 1 aliphatic heterocycles. The van der Waals surface area contributed by atoms with Gasteiger partial charge in [0.15, 0.2) is 0 Å². The van der Waals surface area contributed by atoms with Crippen LogP contribution in [0.15, 0.2) is 12.4 Å². The first-order valence-corrected chi connectivity index (χ1v) is 6.27. The van der Waals surface area contributed by atoms with Gasteiger partial charge in [0.2, 0.25) is 0 Å². The molecule has 0 unspecified atom stereocenters. The average Bonchev–Trinajstić information content (AvgIpc) is 2.39. The fourth-order valence-corrected chi connectivity index (χ4v) is 2.26. The summed E-state index contributed by atoms with van der Waals surface area (Å²) in [4.78, 5) is 23.0. The first-order valence-electron chi connectivity index (χ1n) is 6.27. The number of piperidine rings is 1. The highest BCUT2D eigenvalue weighted by Crippen LogP contribution is 2.21. The number of hydrogen-bond acceptors (Lipinski definition) is 6. The van der Waals surface area contributed by atoms with Gasteiger partial charge in [0, 0.05) is 19.1 Å². The molecule has 0 spiro atoms. The van der Waals surface area contributed by atoms with Crippen molar-refractivity contribution in [3.05, 3.63) is 12.4 Å². The van der Waals surface area contributed by atoms with E-state index in [4.69, 9.17) is 5.73 Å². The van der Waals surface area contributed by atoms with Gasteiger partial charge in [-0.1, -0.05) is 0 Å². The summed E-state index contributed by atoms with van der Waals surface area (Å²) in [5.74, 6) is 0. The molecule has 0 aliphatic carbocycles. The Morgan fingerprint density at radius 2 is 1.95 bits per heavy atom. The minimum Gasteiger partial charge on any atom is -0.374 e. The molecule has 0 aromatic carbocycles. The Balaban J connectivity index is 1.94. The van der Waals surface area contributed by atoms with Crippen molar-refractivity contribution in [3.8, 4) is 6.01 Å². The minimum absolute atomic E-state index is 0.0144. The number of nitrogens with zero attached hydrogens (tertiary/aromatic N) is 4. The van der Waals surface area contributed by atoms with Gasteiger partial charge in [0.1, 0.15) is 0 Å². The molecule has 1 aromatic rings. The van der Waals surface area contributed by atoms with Crippen LogP contribution in [0.25, 0.3) is 0 Å². The normalized spacial score (nSPS) is 16.7. The molecule has 104 valence electrons. The predicted molar refractivity (Wildman–Crippen MR) is 71.2 cm³/mol. The zero-order valence-electron chi connectivity index (χ0n) is 11.2. The third-order valence-corrected chi connectivity index (χ3v) is 3.37. The number of hydrogen-bond donors (Lipinski definition) is 1. The first-order chi connectivity index (χ1) is 9.06. The summed E-state index contributed by atoms with van der Waals surface area (Å²) in [6.07, 6.45) is 4.64. The van der Waals surface area contributed by atoms with Crippen LogP contribution in [0.2, 0.25) is 0 Å². The molecule has 0 radical (unpaired) electrons. The van der Waals surface area contributed by atoms with Crippen LogP contribution in [0.1, 0.15) is 12.8 Å². The third-order valence-electron chi connectivity index (χ3n) is 3.37. The summed E-state index contributed by atoms with van der Waals surface area (Å²) in [5.41, 5.74) is 5.83. The van der Waals surface area contributed by atoms with Crippen LogP contribution >= 0.6 is 0 Å². The van der Waals surface area contributed by atoms with Gasteiger partial charge in [0.25, 0.3) is 0 Å². The lowest BCUT2D eigenvalue weighted by molar-refractivity contribution is 0.207. The maximum absolute atomic E-state index is 10.6. The predicted octanol–water partition coefficient (Wildman–Crippen LogP) is 0.465. The molecule has 0 saturated carbocycles. The Bertz CT molecular complexity index is 426. The van der Waals surface area contributed by atoms with E-state index in [0.717, 1.165) is 31.6 Å². The second-order valence-corrected chi connectivity index (χ2v) is 4.83. The van der Waals surface area contributed by atoms with Crippen LogP contribution in [0, 0.1) is 0 Å². The van der Waals surface area contributed by atoms with Crippen LogP contribution in [0.5, 0.6) is 6.01 Å². The third kappa shape index (κ3) is 3.54. The monoisotopic (exact) mass is 265 g/mol. The fourth-order valence-electron chi connectivity index (χ4n) is 2.26. The molecular formula is C12H19N5O2. The largest absolute Gasteiger partial charge is 0.412 e. The van der Waals surface area contributed by atoms with Crippen molar-refractivity contribution in [1.29, 1.82) is 0 Å². The van der Waals surface area contributed by atoms with Gasteiger partial charge in [-0.15, -0.1) is 0 Å². The smallest absolute Gasteiger partial charge is 0.374 e. The van der Waals surface area contributed by atoms with E-state index in [1.54, 1.807) is 12.4 Å². The molecule has 7 nitrogen and oxygen atoms in total. The van der Waals surface area contributed by atoms with Crippen LogP contribution in [0.3, 0.4) is 0 Å². The fraction of sp³-hybridized carbons (Fsp3) is 0.583. The second kappa shape index (κ2) is 5.83. The van der Waals surface area contributed by atoms with Crippen molar-refractivity contribution in [1.82, 2.24) is 14.9 Å². The van der Waals surface area contributed by atoms with Crippen molar-refractivity contribution in [2.75, 3.05) is 32.1 Å². The van der Waals surface area contributed by atoms with E-state index in [1.807, 2.05) is 0 Å². The highest BCUT2D eigenvalue weighted by molar-refractivity contribution is 5.67. The number of carbonyl (C=O) groups is 1. The number of primary amides is 1. The number of ether oxygens (including phenoxy) is 1. The van der Waals surface area contributed by atoms with Gasteiger partial charge in [-0.3, -0.25) is 0 Å². The molecule has 2 rings (SSSR count). The molecule has 1 fully saturated rings. The number of rotatable bonds is 3. The Hall–Kier alpha value is -1.89. The van der Waals surface area contributed by atoms with E-state index in [2.05, 4.69) is 38.6 Å². The van der Waals surface area contributed by atoms with Gasteiger partial charge in [-0.2, -0.15) is 0 Å². The summed E-state index contributed by atoms with van der Waals surface area (Å²) in [7, 11) is 4.22. The van der Waals surface area contributed by atoms with Crippen LogP contribution in [-0.4, -0.2) is 54.2 Å². The van der Waals surface area contributed by atoms with Crippen molar-refractivity contribution < 1.29 is 9.53 Å². The van der Waals surface area contributed by atoms with Crippen molar-refractivity contribution >= 4 is 11.8 Å². The van der Waals surface area contributed by atoms with E-state index < -0.39 is 6.09 Å². The SMILES string of the molecule is CN(C)C1CCN(c2cnc(OC(N)=O)nc2)CC1. The van der Waals surface area contributed by atoms with E-state index >= 15 is 0 Å². The topological polar surface area (TPSA) is 84.6 Å². The van der Waals surface area contributed by atoms with E-state index in [9.17, 15) is 4.79 Å². The van der Waals surface area contributed by atoms with Crippen LogP contribution in [-0.2, 0) is 0 Å². The molecule has 7 heteroatoms. The molecule has 2 heterocycles. The van der Waals surface area contributed by atoms with E-state index in [0.29, 0.717) is 6.04 Å². The average molecular weight is 265 g/mol. The molecule has 1 amide bonds. The summed E-state index contributed by atoms with van der Waals surface area (Å²) in [5, 5.41) is 0.